The van der Waals surface area contributed by atoms with Crippen molar-refractivity contribution in [3.8, 4) is 0 Å². The van der Waals surface area contributed by atoms with Crippen LogP contribution in [0, 0.1) is 6.92 Å². The van der Waals surface area contributed by atoms with E-state index < -0.39 is 5.97 Å². The molecule has 1 heterocycles. The molecule has 0 unspecified atom stereocenters. The number of hydrogen-bond donors (Lipinski definition) is 1. The lowest BCUT2D eigenvalue weighted by Crippen LogP contribution is -2.15. The van der Waals surface area contributed by atoms with Gasteiger partial charge in [-0.2, -0.15) is 0 Å². The number of carbonyl (C=O) groups excluding carboxylic acids is 3. The number of esters is 1. The Balaban J connectivity index is 1.73. The topological polar surface area (TPSA) is 76.2 Å². The highest BCUT2D eigenvalue weighted by Gasteiger charge is 2.19. The molecule has 138 valence electrons. The maximum absolute atomic E-state index is 12.6. The number of benzene rings is 2. The van der Waals surface area contributed by atoms with Gasteiger partial charge < -0.3 is 9.72 Å². The monoisotopic (exact) mass is 381 g/mol. The molecule has 3 aromatic rings. The van der Waals surface area contributed by atoms with Crippen LogP contribution in [-0.2, 0) is 9.53 Å². The van der Waals surface area contributed by atoms with E-state index >= 15 is 0 Å². The molecule has 1 N–H and O–H groups in total. The first-order valence-corrected chi connectivity index (χ1v) is 9.45. The minimum atomic E-state index is -0.576. The molecule has 0 fully saturated rings. The molecule has 0 atom stereocenters. The van der Waals surface area contributed by atoms with Gasteiger partial charge in [-0.05, 0) is 32.0 Å². The largest absolute Gasteiger partial charge is 0.454 e. The molecule has 0 radical (unpaired) electrons. The Kier molecular flexibility index (Phi) is 5.76. The van der Waals surface area contributed by atoms with E-state index in [1.54, 1.807) is 24.3 Å². The SMILES string of the molecule is CC(=O)CSc1ccccc1C(=O)OCC(=O)c1c(C)[nH]c2ccccc12. The van der Waals surface area contributed by atoms with Crippen molar-refractivity contribution in [1.29, 1.82) is 0 Å². The van der Waals surface area contributed by atoms with E-state index in [2.05, 4.69) is 4.98 Å². The molecule has 6 heteroatoms. The molecule has 1 aromatic heterocycles. The summed E-state index contributed by atoms with van der Waals surface area (Å²) in [6.45, 7) is 2.98. The van der Waals surface area contributed by atoms with Crippen molar-refractivity contribution in [2.24, 2.45) is 0 Å². The van der Waals surface area contributed by atoms with Gasteiger partial charge in [-0.15, -0.1) is 11.8 Å². The number of thioether (sulfide) groups is 1. The van der Waals surface area contributed by atoms with Gasteiger partial charge in [0.05, 0.1) is 11.3 Å². The number of carbonyl (C=O) groups is 3. The van der Waals surface area contributed by atoms with Crippen molar-refractivity contribution in [2.75, 3.05) is 12.4 Å². The zero-order chi connectivity index (χ0) is 19.4. The predicted molar refractivity (Wildman–Crippen MR) is 105 cm³/mol. The Hall–Kier alpha value is -2.86. The van der Waals surface area contributed by atoms with E-state index in [1.165, 1.54) is 18.7 Å². The molecule has 5 nitrogen and oxygen atoms in total. The molecule has 27 heavy (non-hydrogen) atoms. The van der Waals surface area contributed by atoms with Crippen molar-refractivity contribution in [2.45, 2.75) is 18.7 Å². The molecular formula is C21H19NO4S. The van der Waals surface area contributed by atoms with Gasteiger partial charge in [0, 0.05) is 27.1 Å². The number of aryl methyl sites for hydroxylation is 1. The first-order valence-electron chi connectivity index (χ1n) is 8.46. The molecule has 0 bridgehead atoms. The van der Waals surface area contributed by atoms with Gasteiger partial charge in [-0.25, -0.2) is 4.79 Å². The first-order chi connectivity index (χ1) is 13.0. The third-order valence-corrected chi connectivity index (χ3v) is 5.26. The van der Waals surface area contributed by atoms with Crippen LogP contribution in [0.5, 0.6) is 0 Å². The van der Waals surface area contributed by atoms with Crippen LogP contribution in [0.1, 0.15) is 33.3 Å². The Morgan fingerprint density at radius 1 is 1.04 bits per heavy atom. The smallest absolute Gasteiger partial charge is 0.339 e. The minimum Gasteiger partial charge on any atom is -0.454 e. The van der Waals surface area contributed by atoms with Crippen LogP contribution in [-0.4, -0.2) is 34.9 Å². The fourth-order valence-electron chi connectivity index (χ4n) is 2.86. The van der Waals surface area contributed by atoms with Gasteiger partial charge in [0.25, 0.3) is 0 Å². The predicted octanol–water partition coefficient (Wildman–Crippen LogP) is 4.20. The average molecular weight is 381 g/mol. The van der Waals surface area contributed by atoms with Crippen LogP contribution in [0.3, 0.4) is 0 Å². The number of ether oxygens (including phenoxy) is 1. The second-order valence-corrected chi connectivity index (χ2v) is 7.17. The fourth-order valence-corrected chi connectivity index (χ4v) is 3.70. The lowest BCUT2D eigenvalue weighted by molar-refractivity contribution is -0.114. The third-order valence-electron chi connectivity index (χ3n) is 4.04. The van der Waals surface area contributed by atoms with E-state index in [0.29, 0.717) is 16.0 Å². The van der Waals surface area contributed by atoms with E-state index in [1.807, 2.05) is 31.2 Å². The number of para-hydroxylation sites is 1. The summed E-state index contributed by atoms with van der Waals surface area (Å²) in [5.74, 6) is -0.537. The van der Waals surface area contributed by atoms with Crippen molar-refractivity contribution in [3.05, 3.63) is 65.4 Å². The van der Waals surface area contributed by atoms with Gasteiger partial charge >= 0.3 is 5.97 Å². The van der Waals surface area contributed by atoms with Gasteiger partial charge in [0.15, 0.2) is 6.61 Å². The van der Waals surface area contributed by atoms with E-state index in [0.717, 1.165) is 16.6 Å². The van der Waals surface area contributed by atoms with E-state index in [-0.39, 0.29) is 23.9 Å². The normalized spacial score (nSPS) is 10.7. The molecule has 3 rings (SSSR count). The van der Waals surface area contributed by atoms with Crippen LogP contribution < -0.4 is 0 Å². The summed E-state index contributed by atoms with van der Waals surface area (Å²) < 4.78 is 5.26. The summed E-state index contributed by atoms with van der Waals surface area (Å²) in [6, 6.07) is 14.4. The number of fused-ring (bicyclic) bond motifs is 1. The summed E-state index contributed by atoms with van der Waals surface area (Å²) in [6.07, 6.45) is 0. The van der Waals surface area contributed by atoms with Crippen molar-refractivity contribution >= 4 is 40.2 Å². The zero-order valence-corrected chi connectivity index (χ0v) is 15.9. The number of H-pyrrole nitrogens is 1. The molecule has 0 saturated heterocycles. The van der Waals surface area contributed by atoms with Gasteiger partial charge in [0.1, 0.15) is 5.78 Å². The second-order valence-electron chi connectivity index (χ2n) is 6.16. The van der Waals surface area contributed by atoms with E-state index in [9.17, 15) is 14.4 Å². The Bertz CT molecular complexity index is 1020. The molecule has 0 amide bonds. The summed E-state index contributed by atoms with van der Waals surface area (Å²) in [5, 5.41) is 0.813. The zero-order valence-electron chi connectivity index (χ0n) is 15.1. The third kappa shape index (κ3) is 4.28. The number of nitrogens with one attached hydrogen (secondary N) is 1. The average Bonchev–Trinajstić information content (AvgIpc) is 3.00. The molecule has 2 aromatic carbocycles. The lowest BCUT2D eigenvalue weighted by Gasteiger charge is -2.08. The summed E-state index contributed by atoms with van der Waals surface area (Å²) in [5.41, 5.74) is 2.51. The number of hydrogen-bond acceptors (Lipinski definition) is 5. The highest BCUT2D eigenvalue weighted by atomic mass is 32.2. The molecule has 0 saturated carbocycles. The molecule has 0 aliphatic rings. The maximum Gasteiger partial charge on any atom is 0.339 e. The highest BCUT2D eigenvalue weighted by molar-refractivity contribution is 8.00. The Labute approximate surface area is 161 Å². The second kappa shape index (κ2) is 8.22. The molecule has 0 aliphatic heterocycles. The van der Waals surface area contributed by atoms with Crippen LogP contribution in [0.25, 0.3) is 10.9 Å². The van der Waals surface area contributed by atoms with Crippen LogP contribution in [0.4, 0.5) is 0 Å². The van der Waals surface area contributed by atoms with E-state index in [4.69, 9.17) is 4.74 Å². The Morgan fingerprint density at radius 3 is 2.52 bits per heavy atom. The summed E-state index contributed by atoms with van der Waals surface area (Å²) >= 11 is 1.28. The van der Waals surface area contributed by atoms with Gasteiger partial charge in [-0.1, -0.05) is 30.3 Å². The number of ketones is 2. The number of aromatic nitrogens is 1. The van der Waals surface area contributed by atoms with Gasteiger partial charge in [-0.3, -0.25) is 9.59 Å². The highest BCUT2D eigenvalue weighted by Crippen LogP contribution is 2.25. The van der Waals surface area contributed by atoms with Crippen LogP contribution in [0.2, 0.25) is 0 Å². The van der Waals surface area contributed by atoms with Crippen molar-refractivity contribution in [1.82, 2.24) is 4.98 Å². The first kappa shape index (κ1) is 18.9. The lowest BCUT2D eigenvalue weighted by atomic mass is 10.1. The molecular weight excluding hydrogens is 362 g/mol. The minimum absolute atomic E-state index is 0.0214. The Morgan fingerprint density at radius 2 is 1.74 bits per heavy atom. The fraction of sp³-hybridized carbons (Fsp3) is 0.190. The quantitative estimate of drug-likeness (QED) is 0.377. The number of aromatic amines is 1. The number of Topliss-reactive ketones (excluding diaryl/α,β-unsaturated/α-hetero) is 2. The van der Waals surface area contributed by atoms with Gasteiger partial charge in [0.2, 0.25) is 5.78 Å². The van der Waals surface area contributed by atoms with Crippen LogP contribution >= 0.6 is 11.8 Å². The summed E-state index contributed by atoms with van der Waals surface area (Å²) in [7, 11) is 0. The van der Waals surface area contributed by atoms with Crippen LogP contribution in [0.15, 0.2) is 53.4 Å². The standard InChI is InChI=1S/C21H19NO4S/c1-13(23)12-27-19-10-6-4-8-16(19)21(25)26-11-18(24)20-14(2)22-17-9-5-3-7-15(17)20/h3-10,22H,11-12H2,1-2H3. The van der Waals surface area contributed by atoms with Crippen molar-refractivity contribution in [3.63, 3.8) is 0 Å². The molecule has 0 aliphatic carbocycles. The number of rotatable bonds is 7. The molecule has 0 spiro atoms. The van der Waals surface area contributed by atoms with Crippen molar-refractivity contribution < 1.29 is 19.1 Å². The summed E-state index contributed by atoms with van der Waals surface area (Å²) in [4.78, 5) is 40.1. The maximum atomic E-state index is 12.6.